The summed E-state index contributed by atoms with van der Waals surface area (Å²) in [5.74, 6) is -0.465. The first-order valence-corrected chi connectivity index (χ1v) is 7.41. The topological polar surface area (TPSA) is 77.1 Å². The lowest BCUT2D eigenvalue weighted by molar-refractivity contribution is -0.121. The normalized spacial score (nSPS) is 16.4. The number of benzene rings is 1. The van der Waals surface area contributed by atoms with Gasteiger partial charge in [-0.1, -0.05) is 11.6 Å². The fourth-order valence-electron chi connectivity index (χ4n) is 2.99. The number of nitrogens with two attached hydrogens (primary N) is 1. The summed E-state index contributed by atoms with van der Waals surface area (Å²) < 4.78 is 1.50. The Bertz CT molecular complexity index is 814. The van der Waals surface area contributed by atoms with E-state index >= 15 is 0 Å². The third-order valence-electron chi connectivity index (χ3n) is 4.02. The Morgan fingerprint density at radius 2 is 2.14 bits per heavy atom. The van der Waals surface area contributed by atoms with Crippen molar-refractivity contribution < 1.29 is 4.79 Å². The average Bonchev–Trinajstić information content (AvgIpc) is 2.92. The molecule has 0 radical (unpaired) electrons. The number of carbonyl (C=O) groups is 1. The Hall–Kier alpha value is -2.27. The third kappa shape index (κ3) is 2.37. The van der Waals surface area contributed by atoms with Gasteiger partial charge in [0.25, 0.3) is 5.56 Å². The molecule has 1 aliphatic heterocycles. The molecule has 114 valence electrons. The van der Waals surface area contributed by atoms with Crippen LogP contribution in [0.5, 0.6) is 0 Å². The maximum absolute atomic E-state index is 12.4. The molecule has 0 bridgehead atoms. The number of carbonyl (C=O) groups excluding carboxylic acids is 1. The summed E-state index contributed by atoms with van der Waals surface area (Å²) >= 11 is 6.07. The molecular formula is C16H16ClN3O2. The molecule has 5 nitrogen and oxygen atoms in total. The van der Waals surface area contributed by atoms with E-state index < -0.39 is 11.9 Å². The molecule has 3 rings (SSSR count). The molecule has 1 aliphatic rings. The van der Waals surface area contributed by atoms with Crippen molar-refractivity contribution in [2.75, 3.05) is 12.4 Å². The molecule has 2 heterocycles. The van der Waals surface area contributed by atoms with Gasteiger partial charge in [0.2, 0.25) is 5.91 Å². The minimum atomic E-state index is -0.542. The number of primary amides is 1. The van der Waals surface area contributed by atoms with Crippen molar-refractivity contribution in [1.29, 1.82) is 0 Å². The van der Waals surface area contributed by atoms with Gasteiger partial charge in [-0.25, -0.2) is 0 Å². The van der Waals surface area contributed by atoms with E-state index in [1.807, 2.05) is 25.2 Å². The van der Waals surface area contributed by atoms with Gasteiger partial charge in [-0.05, 0) is 42.7 Å². The highest BCUT2D eigenvalue weighted by Crippen LogP contribution is 2.32. The lowest BCUT2D eigenvalue weighted by Crippen LogP contribution is -2.31. The molecule has 0 fully saturated rings. The molecule has 0 unspecified atom stereocenters. The number of hydrogen-bond donors (Lipinski definition) is 2. The summed E-state index contributed by atoms with van der Waals surface area (Å²) in [4.78, 5) is 23.9. The van der Waals surface area contributed by atoms with Crippen LogP contribution in [0.4, 0.5) is 5.69 Å². The van der Waals surface area contributed by atoms with Gasteiger partial charge in [0.15, 0.2) is 0 Å². The van der Waals surface area contributed by atoms with Gasteiger partial charge in [-0.3, -0.25) is 9.59 Å². The summed E-state index contributed by atoms with van der Waals surface area (Å²) in [6.07, 6.45) is 1.23. The summed E-state index contributed by atoms with van der Waals surface area (Å²) in [7, 11) is 1.82. The second kappa shape index (κ2) is 5.50. The SMILES string of the molecule is CNc1ccc(Cl)cc1-c1cc2n(c(=O)c1)[C@H](C(N)=O)CC2. The van der Waals surface area contributed by atoms with Gasteiger partial charge in [0.05, 0.1) is 0 Å². The zero-order valence-electron chi connectivity index (χ0n) is 12.1. The molecule has 6 heteroatoms. The minimum absolute atomic E-state index is 0.212. The van der Waals surface area contributed by atoms with E-state index in [0.717, 1.165) is 22.5 Å². The van der Waals surface area contributed by atoms with Crippen LogP contribution >= 0.6 is 11.6 Å². The van der Waals surface area contributed by atoms with Gasteiger partial charge in [0, 0.05) is 35.1 Å². The predicted molar refractivity (Wildman–Crippen MR) is 87.2 cm³/mol. The minimum Gasteiger partial charge on any atom is -0.388 e. The van der Waals surface area contributed by atoms with E-state index in [1.54, 1.807) is 6.07 Å². The molecule has 3 N–H and O–H groups in total. The van der Waals surface area contributed by atoms with Crippen LogP contribution in [0, 0.1) is 0 Å². The number of pyridine rings is 1. The molecule has 0 aliphatic carbocycles. The number of nitrogens with zero attached hydrogens (tertiary/aromatic N) is 1. The molecule has 1 aromatic heterocycles. The van der Waals surface area contributed by atoms with Crippen LogP contribution in [-0.4, -0.2) is 17.5 Å². The van der Waals surface area contributed by atoms with Crippen LogP contribution in [0.15, 0.2) is 35.1 Å². The largest absolute Gasteiger partial charge is 0.388 e. The second-order valence-electron chi connectivity index (χ2n) is 5.34. The molecule has 1 aromatic carbocycles. The van der Waals surface area contributed by atoms with Crippen LogP contribution in [0.3, 0.4) is 0 Å². The molecule has 1 amide bonds. The molecular weight excluding hydrogens is 302 g/mol. The van der Waals surface area contributed by atoms with E-state index in [1.165, 1.54) is 10.6 Å². The van der Waals surface area contributed by atoms with Crippen molar-refractivity contribution >= 4 is 23.2 Å². The van der Waals surface area contributed by atoms with E-state index in [2.05, 4.69) is 5.32 Å². The number of hydrogen-bond acceptors (Lipinski definition) is 3. The first kappa shape index (κ1) is 14.7. The van der Waals surface area contributed by atoms with Crippen molar-refractivity contribution in [3.63, 3.8) is 0 Å². The summed E-state index contributed by atoms with van der Waals surface area (Å²) in [5.41, 5.74) is 8.52. The first-order chi connectivity index (χ1) is 10.5. The Morgan fingerprint density at radius 3 is 2.82 bits per heavy atom. The number of rotatable bonds is 3. The Kier molecular flexibility index (Phi) is 3.66. The number of amides is 1. The molecule has 22 heavy (non-hydrogen) atoms. The van der Waals surface area contributed by atoms with E-state index in [-0.39, 0.29) is 5.56 Å². The Labute approximate surface area is 132 Å². The fourth-order valence-corrected chi connectivity index (χ4v) is 3.17. The Balaban J connectivity index is 2.16. The highest BCUT2D eigenvalue weighted by molar-refractivity contribution is 6.31. The predicted octanol–water partition coefficient (Wildman–Crippen LogP) is 2.18. The number of nitrogens with one attached hydrogen (secondary N) is 1. The van der Waals surface area contributed by atoms with Crippen molar-refractivity contribution in [1.82, 2.24) is 4.57 Å². The van der Waals surface area contributed by atoms with Crippen LogP contribution in [0.1, 0.15) is 18.2 Å². The summed E-state index contributed by atoms with van der Waals surface area (Å²) in [6, 6.07) is 8.39. The Morgan fingerprint density at radius 1 is 1.36 bits per heavy atom. The zero-order chi connectivity index (χ0) is 15.9. The molecule has 2 aromatic rings. The summed E-state index contributed by atoms with van der Waals surface area (Å²) in [5, 5.41) is 3.70. The number of fused-ring (bicyclic) bond motifs is 1. The van der Waals surface area contributed by atoms with Crippen LogP contribution in [0.2, 0.25) is 5.02 Å². The van der Waals surface area contributed by atoms with Gasteiger partial charge < -0.3 is 15.6 Å². The van der Waals surface area contributed by atoms with Crippen LogP contribution in [0.25, 0.3) is 11.1 Å². The van der Waals surface area contributed by atoms with E-state index in [9.17, 15) is 9.59 Å². The smallest absolute Gasteiger partial charge is 0.252 e. The lowest BCUT2D eigenvalue weighted by Gasteiger charge is -2.14. The van der Waals surface area contributed by atoms with Crippen molar-refractivity contribution in [3.05, 3.63) is 51.4 Å². The van der Waals surface area contributed by atoms with Crippen molar-refractivity contribution in [2.24, 2.45) is 5.73 Å². The number of aryl methyl sites for hydroxylation is 1. The summed E-state index contributed by atoms with van der Waals surface area (Å²) in [6.45, 7) is 0. The zero-order valence-corrected chi connectivity index (χ0v) is 12.9. The quantitative estimate of drug-likeness (QED) is 0.911. The molecule has 0 spiro atoms. The number of aromatic nitrogens is 1. The second-order valence-corrected chi connectivity index (χ2v) is 5.78. The van der Waals surface area contributed by atoms with Crippen LogP contribution in [-0.2, 0) is 11.2 Å². The monoisotopic (exact) mass is 317 g/mol. The van der Waals surface area contributed by atoms with Crippen molar-refractivity contribution in [2.45, 2.75) is 18.9 Å². The maximum atomic E-state index is 12.4. The van der Waals surface area contributed by atoms with Crippen molar-refractivity contribution in [3.8, 4) is 11.1 Å². The first-order valence-electron chi connectivity index (χ1n) is 7.03. The lowest BCUT2D eigenvalue weighted by atomic mass is 10.0. The maximum Gasteiger partial charge on any atom is 0.252 e. The fraction of sp³-hybridized carbons (Fsp3) is 0.250. The van der Waals surface area contributed by atoms with Crippen LogP contribution < -0.4 is 16.6 Å². The number of anilines is 1. The highest BCUT2D eigenvalue weighted by atomic mass is 35.5. The average molecular weight is 318 g/mol. The molecule has 1 atom stereocenters. The van der Waals surface area contributed by atoms with E-state index in [0.29, 0.717) is 17.9 Å². The third-order valence-corrected chi connectivity index (χ3v) is 4.26. The van der Waals surface area contributed by atoms with Gasteiger partial charge >= 0.3 is 0 Å². The van der Waals surface area contributed by atoms with Gasteiger partial charge in [-0.15, -0.1) is 0 Å². The number of halogens is 1. The molecule has 0 saturated heterocycles. The van der Waals surface area contributed by atoms with E-state index in [4.69, 9.17) is 17.3 Å². The highest BCUT2D eigenvalue weighted by Gasteiger charge is 2.28. The van der Waals surface area contributed by atoms with Gasteiger partial charge in [0.1, 0.15) is 6.04 Å². The standard InChI is InChI=1S/C16H16ClN3O2/c1-19-13-4-2-10(17)8-12(13)9-6-11-3-5-14(16(18)22)20(11)15(21)7-9/h2,4,6-8,14,19H,3,5H2,1H3,(H2,18,22)/t14-/m0/s1. The van der Waals surface area contributed by atoms with Gasteiger partial charge in [-0.2, -0.15) is 0 Å². The molecule has 0 saturated carbocycles.